The second kappa shape index (κ2) is 7.83. The van der Waals surface area contributed by atoms with Crippen molar-refractivity contribution in [3.63, 3.8) is 0 Å². The Morgan fingerprint density at radius 3 is 2.64 bits per heavy atom. The Kier molecular flexibility index (Phi) is 5.54. The van der Waals surface area contributed by atoms with E-state index < -0.39 is 0 Å². The van der Waals surface area contributed by atoms with E-state index in [9.17, 15) is 4.79 Å². The number of carbonyl (C=O) groups is 1. The highest BCUT2D eigenvalue weighted by Gasteiger charge is 2.33. The van der Waals surface area contributed by atoms with Crippen LogP contribution in [0.1, 0.15) is 46.3 Å². The van der Waals surface area contributed by atoms with Gasteiger partial charge in [0.15, 0.2) is 0 Å². The Hall–Kier alpha value is -2.13. The molecule has 1 unspecified atom stereocenters. The molecule has 2 aromatic rings. The second-order valence-electron chi connectivity index (χ2n) is 7.11. The minimum Gasteiger partial charge on any atom is -0.381 e. The molecule has 0 radical (unpaired) electrons. The Balaban J connectivity index is 1.80. The van der Waals surface area contributed by atoms with E-state index in [1.54, 1.807) is 0 Å². The SMILES string of the molecule is Cc1ccc(C(=O)NCC2(c3ccccc3)CCCOCC2)c(C)c1. The van der Waals surface area contributed by atoms with Crippen LogP contribution in [0.4, 0.5) is 0 Å². The average Bonchev–Trinajstić information content (AvgIpc) is 2.87. The number of aryl methyl sites for hydroxylation is 2. The van der Waals surface area contributed by atoms with Crippen LogP contribution in [0.25, 0.3) is 0 Å². The first kappa shape index (κ1) is 17.7. The molecule has 1 fully saturated rings. The van der Waals surface area contributed by atoms with Gasteiger partial charge in [-0.2, -0.15) is 0 Å². The number of benzene rings is 2. The number of rotatable bonds is 4. The zero-order chi connectivity index (χ0) is 17.7. The lowest BCUT2D eigenvalue weighted by Gasteiger charge is -2.33. The summed E-state index contributed by atoms with van der Waals surface area (Å²) >= 11 is 0. The molecule has 1 amide bonds. The highest BCUT2D eigenvalue weighted by atomic mass is 16.5. The van der Waals surface area contributed by atoms with Gasteiger partial charge in [-0.15, -0.1) is 0 Å². The second-order valence-corrected chi connectivity index (χ2v) is 7.11. The minimum atomic E-state index is -0.0496. The van der Waals surface area contributed by atoms with Crippen LogP contribution in [-0.2, 0) is 10.2 Å². The van der Waals surface area contributed by atoms with Gasteiger partial charge in [-0.25, -0.2) is 0 Å². The Bertz CT molecular complexity index is 716. The average molecular weight is 337 g/mol. The largest absolute Gasteiger partial charge is 0.381 e. The summed E-state index contributed by atoms with van der Waals surface area (Å²) in [7, 11) is 0. The third kappa shape index (κ3) is 4.10. The van der Waals surface area contributed by atoms with Gasteiger partial charge in [0.2, 0.25) is 0 Å². The molecular formula is C22H27NO2. The lowest BCUT2D eigenvalue weighted by molar-refractivity contribution is 0.0936. The van der Waals surface area contributed by atoms with Gasteiger partial charge in [-0.05, 0) is 50.3 Å². The number of hydrogen-bond donors (Lipinski definition) is 1. The van der Waals surface area contributed by atoms with Crippen molar-refractivity contribution in [1.29, 1.82) is 0 Å². The third-order valence-electron chi connectivity index (χ3n) is 5.27. The van der Waals surface area contributed by atoms with E-state index in [1.807, 2.05) is 32.0 Å². The molecule has 1 aliphatic heterocycles. The number of nitrogens with one attached hydrogen (secondary N) is 1. The first-order valence-corrected chi connectivity index (χ1v) is 9.09. The van der Waals surface area contributed by atoms with E-state index in [1.165, 1.54) is 11.1 Å². The number of ether oxygens (including phenoxy) is 1. The van der Waals surface area contributed by atoms with Crippen molar-refractivity contribution in [2.24, 2.45) is 0 Å². The normalized spacial score (nSPS) is 20.7. The van der Waals surface area contributed by atoms with Crippen molar-refractivity contribution >= 4 is 5.91 Å². The highest BCUT2D eigenvalue weighted by Crippen LogP contribution is 2.34. The summed E-state index contributed by atoms with van der Waals surface area (Å²) in [6.45, 7) is 6.24. The minimum absolute atomic E-state index is 0.0120. The molecule has 1 saturated heterocycles. The molecule has 3 heteroatoms. The third-order valence-corrected chi connectivity index (χ3v) is 5.27. The summed E-state index contributed by atoms with van der Waals surface area (Å²) in [6.07, 6.45) is 2.99. The van der Waals surface area contributed by atoms with Crippen LogP contribution >= 0.6 is 0 Å². The summed E-state index contributed by atoms with van der Waals surface area (Å²) < 4.78 is 5.68. The van der Waals surface area contributed by atoms with Crippen LogP contribution in [0.5, 0.6) is 0 Å². The quantitative estimate of drug-likeness (QED) is 0.909. The summed E-state index contributed by atoms with van der Waals surface area (Å²) in [6, 6.07) is 16.5. The predicted octanol–water partition coefficient (Wildman–Crippen LogP) is 4.17. The molecule has 0 spiro atoms. The molecule has 132 valence electrons. The Morgan fingerprint density at radius 2 is 1.88 bits per heavy atom. The molecule has 0 aromatic heterocycles. The fourth-order valence-electron chi connectivity index (χ4n) is 3.78. The van der Waals surface area contributed by atoms with Gasteiger partial charge in [0, 0.05) is 30.7 Å². The first-order valence-electron chi connectivity index (χ1n) is 9.09. The molecule has 0 aliphatic carbocycles. The molecule has 1 aliphatic rings. The molecular weight excluding hydrogens is 310 g/mol. The monoisotopic (exact) mass is 337 g/mol. The van der Waals surface area contributed by atoms with Gasteiger partial charge < -0.3 is 10.1 Å². The van der Waals surface area contributed by atoms with E-state index in [-0.39, 0.29) is 11.3 Å². The molecule has 3 rings (SSSR count). The number of carbonyl (C=O) groups excluding carboxylic acids is 1. The zero-order valence-corrected chi connectivity index (χ0v) is 15.2. The summed E-state index contributed by atoms with van der Waals surface area (Å²) in [5.41, 5.74) is 4.21. The van der Waals surface area contributed by atoms with E-state index in [4.69, 9.17) is 4.74 Å². The van der Waals surface area contributed by atoms with E-state index in [0.717, 1.165) is 43.6 Å². The van der Waals surface area contributed by atoms with Gasteiger partial charge in [0.05, 0.1) is 0 Å². The predicted molar refractivity (Wildman–Crippen MR) is 101 cm³/mol. The van der Waals surface area contributed by atoms with Crippen molar-refractivity contribution in [3.05, 3.63) is 70.8 Å². The van der Waals surface area contributed by atoms with Gasteiger partial charge in [0.1, 0.15) is 0 Å². The topological polar surface area (TPSA) is 38.3 Å². The van der Waals surface area contributed by atoms with Crippen LogP contribution in [0.15, 0.2) is 48.5 Å². The summed E-state index contributed by atoms with van der Waals surface area (Å²) in [5, 5.41) is 3.20. The Morgan fingerprint density at radius 1 is 1.08 bits per heavy atom. The highest BCUT2D eigenvalue weighted by molar-refractivity contribution is 5.95. The van der Waals surface area contributed by atoms with Gasteiger partial charge in [0.25, 0.3) is 5.91 Å². The summed E-state index contributed by atoms with van der Waals surface area (Å²) in [5.74, 6) is 0.0120. The van der Waals surface area contributed by atoms with Crippen molar-refractivity contribution in [2.45, 2.75) is 38.5 Å². The van der Waals surface area contributed by atoms with Crippen molar-refractivity contribution < 1.29 is 9.53 Å². The standard InChI is InChI=1S/C22H27NO2/c1-17-9-10-20(18(2)15-17)21(24)23-16-22(11-6-13-25-14-12-22)19-7-4-3-5-8-19/h3-5,7-10,15H,6,11-14,16H2,1-2H3,(H,23,24). The number of hydrogen-bond acceptors (Lipinski definition) is 2. The van der Waals surface area contributed by atoms with Crippen LogP contribution < -0.4 is 5.32 Å². The smallest absolute Gasteiger partial charge is 0.251 e. The van der Waals surface area contributed by atoms with Crippen LogP contribution in [0.2, 0.25) is 0 Å². The van der Waals surface area contributed by atoms with E-state index >= 15 is 0 Å². The van der Waals surface area contributed by atoms with E-state index in [2.05, 4.69) is 35.6 Å². The molecule has 25 heavy (non-hydrogen) atoms. The fraction of sp³-hybridized carbons (Fsp3) is 0.409. The lowest BCUT2D eigenvalue weighted by Crippen LogP contribution is -2.41. The van der Waals surface area contributed by atoms with Gasteiger partial charge >= 0.3 is 0 Å². The number of amides is 1. The van der Waals surface area contributed by atoms with Gasteiger partial charge in [-0.1, -0.05) is 48.0 Å². The van der Waals surface area contributed by atoms with Crippen molar-refractivity contribution in [2.75, 3.05) is 19.8 Å². The molecule has 1 atom stereocenters. The van der Waals surface area contributed by atoms with Crippen molar-refractivity contribution in [1.82, 2.24) is 5.32 Å². The first-order chi connectivity index (χ1) is 12.1. The zero-order valence-electron chi connectivity index (χ0n) is 15.2. The maximum atomic E-state index is 12.7. The molecule has 0 saturated carbocycles. The molecule has 1 heterocycles. The maximum absolute atomic E-state index is 12.7. The van der Waals surface area contributed by atoms with Crippen molar-refractivity contribution in [3.8, 4) is 0 Å². The summed E-state index contributed by atoms with van der Waals surface area (Å²) in [4.78, 5) is 12.7. The lowest BCUT2D eigenvalue weighted by atomic mass is 9.74. The maximum Gasteiger partial charge on any atom is 0.251 e. The van der Waals surface area contributed by atoms with Crippen LogP contribution in [-0.4, -0.2) is 25.7 Å². The molecule has 1 N–H and O–H groups in total. The fourth-order valence-corrected chi connectivity index (χ4v) is 3.78. The van der Waals surface area contributed by atoms with Crippen LogP contribution in [0.3, 0.4) is 0 Å². The molecule has 2 aromatic carbocycles. The molecule has 0 bridgehead atoms. The Labute approximate surface area is 150 Å². The molecule has 3 nitrogen and oxygen atoms in total. The van der Waals surface area contributed by atoms with Gasteiger partial charge in [-0.3, -0.25) is 4.79 Å². The van der Waals surface area contributed by atoms with E-state index in [0.29, 0.717) is 6.54 Å². The van der Waals surface area contributed by atoms with Crippen LogP contribution in [0, 0.1) is 13.8 Å².